The molecule has 0 aliphatic heterocycles. The molecule has 0 fully saturated rings. The van der Waals surface area contributed by atoms with E-state index in [0.717, 1.165) is 23.5 Å². The molecule has 1 aromatic heterocycles. The van der Waals surface area contributed by atoms with E-state index in [4.69, 9.17) is 16.6 Å². The van der Waals surface area contributed by atoms with Crippen LogP contribution in [0.15, 0.2) is 48.5 Å². The monoisotopic (exact) mass is 316 g/mol. The van der Waals surface area contributed by atoms with Crippen LogP contribution in [0, 0.1) is 0 Å². The van der Waals surface area contributed by atoms with Gasteiger partial charge in [0.1, 0.15) is 0 Å². The first-order chi connectivity index (χ1) is 10.3. The molecule has 0 aliphatic carbocycles. The Morgan fingerprint density at radius 1 is 1.19 bits per heavy atom. The fourth-order valence-corrected chi connectivity index (χ4v) is 3.78. The molecule has 0 bridgehead atoms. The van der Waals surface area contributed by atoms with Gasteiger partial charge in [-0.3, -0.25) is 0 Å². The van der Waals surface area contributed by atoms with Gasteiger partial charge in [-0.1, -0.05) is 35.9 Å². The number of hydrogen-bond acceptors (Lipinski definition) is 3. The molecule has 3 aromatic rings. The summed E-state index contributed by atoms with van der Waals surface area (Å²) in [6.45, 7) is 0.913. The minimum Gasteiger partial charge on any atom is -0.319 e. The van der Waals surface area contributed by atoms with Crippen LogP contribution < -0.4 is 5.32 Å². The van der Waals surface area contributed by atoms with Crippen LogP contribution >= 0.6 is 22.9 Å². The highest BCUT2D eigenvalue weighted by atomic mass is 35.5. The smallest absolute Gasteiger partial charge is 0.0945 e. The van der Waals surface area contributed by atoms with Crippen LogP contribution in [0.3, 0.4) is 0 Å². The second-order valence-electron chi connectivity index (χ2n) is 5.09. The van der Waals surface area contributed by atoms with E-state index in [1.165, 1.54) is 15.3 Å². The lowest BCUT2D eigenvalue weighted by atomic mass is 9.96. The molecule has 0 aliphatic rings. The first kappa shape index (κ1) is 14.5. The number of halogens is 1. The van der Waals surface area contributed by atoms with E-state index >= 15 is 0 Å². The molecular weight excluding hydrogens is 300 g/mol. The van der Waals surface area contributed by atoms with Crippen molar-refractivity contribution in [3.8, 4) is 0 Å². The van der Waals surface area contributed by atoms with Crippen molar-refractivity contribution >= 4 is 33.2 Å². The number of thiazole rings is 1. The number of aromatic nitrogens is 1. The number of nitrogens with zero attached hydrogens (tertiary/aromatic N) is 1. The number of nitrogens with one attached hydrogen (secondary N) is 1. The minimum absolute atomic E-state index is 0.384. The molecule has 108 valence electrons. The third kappa shape index (κ3) is 3.43. The lowest BCUT2D eigenvalue weighted by Crippen LogP contribution is -2.19. The molecule has 3 rings (SSSR count). The summed E-state index contributed by atoms with van der Waals surface area (Å²) in [6, 6.07) is 16.4. The zero-order valence-corrected chi connectivity index (χ0v) is 13.4. The van der Waals surface area contributed by atoms with E-state index in [-0.39, 0.29) is 0 Å². The van der Waals surface area contributed by atoms with Crippen molar-refractivity contribution in [1.82, 2.24) is 10.3 Å². The van der Waals surface area contributed by atoms with Crippen LogP contribution in [-0.2, 0) is 6.42 Å². The molecule has 21 heavy (non-hydrogen) atoms. The normalized spacial score (nSPS) is 12.7. The van der Waals surface area contributed by atoms with E-state index in [1.54, 1.807) is 11.3 Å². The maximum Gasteiger partial charge on any atom is 0.0945 e. The van der Waals surface area contributed by atoms with Gasteiger partial charge in [0.05, 0.1) is 15.2 Å². The van der Waals surface area contributed by atoms with Crippen LogP contribution in [0.1, 0.15) is 16.5 Å². The van der Waals surface area contributed by atoms with Gasteiger partial charge < -0.3 is 5.32 Å². The first-order valence-corrected chi connectivity index (χ1v) is 8.20. The van der Waals surface area contributed by atoms with Gasteiger partial charge >= 0.3 is 0 Å². The molecule has 0 spiro atoms. The Balaban J connectivity index is 1.87. The second-order valence-corrected chi connectivity index (χ2v) is 6.64. The Hall–Kier alpha value is -1.42. The summed E-state index contributed by atoms with van der Waals surface area (Å²) in [6.07, 6.45) is 0.931. The van der Waals surface area contributed by atoms with E-state index in [0.29, 0.717) is 5.92 Å². The Bertz CT molecular complexity index is 705. The van der Waals surface area contributed by atoms with Crippen molar-refractivity contribution in [2.24, 2.45) is 0 Å². The van der Waals surface area contributed by atoms with Crippen molar-refractivity contribution in [3.63, 3.8) is 0 Å². The first-order valence-electron chi connectivity index (χ1n) is 7.01. The molecule has 4 heteroatoms. The maximum atomic E-state index is 6.12. The third-order valence-corrected chi connectivity index (χ3v) is 4.82. The molecule has 2 nitrogen and oxygen atoms in total. The minimum atomic E-state index is 0.384. The second kappa shape index (κ2) is 6.56. The summed E-state index contributed by atoms with van der Waals surface area (Å²) in [4.78, 5) is 4.74. The highest BCUT2D eigenvalue weighted by molar-refractivity contribution is 7.18. The van der Waals surface area contributed by atoms with E-state index in [1.807, 2.05) is 25.2 Å². The molecular formula is C17H17ClN2S. The summed E-state index contributed by atoms with van der Waals surface area (Å²) in [5.41, 5.74) is 2.35. The van der Waals surface area contributed by atoms with Crippen molar-refractivity contribution in [1.29, 1.82) is 0 Å². The number of hydrogen-bond donors (Lipinski definition) is 1. The number of benzene rings is 2. The van der Waals surface area contributed by atoms with Gasteiger partial charge in [0, 0.05) is 23.9 Å². The van der Waals surface area contributed by atoms with Gasteiger partial charge in [-0.15, -0.1) is 11.3 Å². The number of para-hydroxylation sites is 1. The molecule has 1 heterocycles. The Kier molecular flexibility index (Phi) is 4.54. The van der Waals surface area contributed by atoms with E-state index in [9.17, 15) is 0 Å². The predicted octanol–water partition coefficient (Wildman–Crippen LogP) is 4.50. The van der Waals surface area contributed by atoms with Crippen molar-refractivity contribution in [2.45, 2.75) is 12.3 Å². The fraction of sp³-hybridized carbons (Fsp3) is 0.235. The van der Waals surface area contributed by atoms with Crippen LogP contribution in [0.5, 0.6) is 0 Å². The number of likely N-dealkylation sites (N-methyl/N-ethyl adjacent to an activating group) is 1. The predicted molar refractivity (Wildman–Crippen MR) is 91.4 cm³/mol. The number of rotatable bonds is 5. The summed E-state index contributed by atoms with van der Waals surface area (Å²) in [7, 11) is 1.98. The van der Waals surface area contributed by atoms with Crippen LogP contribution in [0.4, 0.5) is 0 Å². The summed E-state index contributed by atoms with van der Waals surface area (Å²) in [5, 5.41) is 5.24. The van der Waals surface area contributed by atoms with Gasteiger partial charge in [0.25, 0.3) is 0 Å². The molecule has 1 atom stereocenters. The molecule has 0 amide bonds. The molecule has 1 N–H and O–H groups in total. The lowest BCUT2D eigenvalue weighted by Gasteiger charge is -2.16. The zero-order chi connectivity index (χ0) is 14.7. The Morgan fingerprint density at radius 2 is 2.05 bits per heavy atom. The van der Waals surface area contributed by atoms with Crippen LogP contribution in [-0.4, -0.2) is 18.6 Å². The molecule has 2 aromatic carbocycles. The van der Waals surface area contributed by atoms with E-state index in [2.05, 4.69) is 35.6 Å². The lowest BCUT2D eigenvalue weighted by molar-refractivity contribution is 0.624. The van der Waals surface area contributed by atoms with Gasteiger partial charge in [0.15, 0.2) is 0 Å². The Labute approximate surface area is 133 Å². The zero-order valence-electron chi connectivity index (χ0n) is 11.8. The quantitative estimate of drug-likeness (QED) is 0.750. The average Bonchev–Trinajstić information content (AvgIpc) is 2.89. The summed E-state index contributed by atoms with van der Waals surface area (Å²) < 4.78 is 1.25. The highest BCUT2D eigenvalue weighted by Gasteiger charge is 2.15. The third-order valence-electron chi connectivity index (χ3n) is 3.53. The van der Waals surface area contributed by atoms with Crippen LogP contribution in [0.2, 0.25) is 5.02 Å². The largest absolute Gasteiger partial charge is 0.319 e. The van der Waals surface area contributed by atoms with Gasteiger partial charge in [-0.2, -0.15) is 0 Å². The topological polar surface area (TPSA) is 24.9 Å². The van der Waals surface area contributed by atoms with Crippen molar-refractivity contribution < 1.29 is 0 Å². The molecule has 0 saturated carbocycles. The Morgan fingerprint density at radius 3 is 2.81 bits per heavy atom. The van der Waals surface area contributed by atoms with Gasteiger partial charge in [-0.25, -0.2) is 4.98 Å². The standard InChI is InChI=1S/C17H17ClN2S/c1-19-11-13(12-5-4-6-14(18)9-12)10-17-20-15-7-2-3-8-16(15)21-17/h2-9,13,19H,10-11H2,1H3. The highest BCUT2D eigenvalue weighted by Crippen LogP contribution is 2.28. The molecule has 0 saturated heterocycles. The van der Waals surface area contributed by atoms with Gasteiger partial charge in [-0.05, 0) is 36.9 Å². The molecule has 1 unspecified atom stereocenters. The van der Waals surface area contributed by atoms with Crippen molar-refractivity contribution in [3.05, 3.63) is 64.1 Å². The maximum absolute atomic E-state index is 6.12. The van der Waals surface area contributed by atoms with E-state index < -0.39 is 0 Å². The summed E-state index contributed by atoms with van der Waals surface area (Å²) in [5.74, 6) is 0.384. The van der Waals surface area contributed by atoms with Crippen LogP contribution in [0.25, 0.3) is 10.2 Å². The number of fused-ring (bicyclic) bond motifs is 1. The molecule has 0 radical (unpaired) electrons. The average molecular weight is 317 g/mol. The SMILES string of the molecule is CNCC(Cc1nc2ccccc2s1)c1cccc(Cl)c1. The fourth-order valence-electron chi connectivity index (χ4n) is 2.53. The van der Waals surface area contributed by atoms with Crippen molar-refractivity contribution in [2.75, 3.05) is 13.6 Å². The summed E-state index contributed by atoms with van der Waals surface area (Å²) >= 11 is 7.90. The van der Waals surface area contributed by atoms with Gasteiger partial charge in [0.2, 0.25) is 0 Å².